The Morgan fingerprint density at radius 2 is 2.04 bits per heavy atom. The van der Waals surface area contributed by atoms with Crippen molar-refractivity contribution in [2.24, 2.45) is 5.92 Å². The Kier molecular flexibility index (Phi) is 6.19. The molecular weight excluding hydrogens is 346 g/mol. The number of aromatic nitrogens is 2. The van der Waals surface area contributed by atoms with Crippen molar-refractivity contribution in [2.45, 2.75) is 12.8 Å². The van der Waals surface area contributed by atoms with Crippen molar-refractivity contribution < 1.29 is 14.3 Å². The van der Waals surface area contributed by atoms with Crippen LogP contribution in [0.5, 0.6) is 5.75 Å². The Balaban J connectivity index is 1.42. The van der Waals surface area contributed by atoms with Crippen molar-refractivity contribution in [3.8, 4) is 5.75 Å². The number of anilines is 2. The molecule has 8 nitrogen and oxygen atoms in total. The molecule has 0 aliphatic carbocycles. The lowest BCUT2D eigenvalue weighted by Gasteiger charge is -2.32. The highest BCUT2D eigenvalue weighted by Crippen LogP contribution is 2.20. The van der Waals surface area contributed by atoms with Crippen molar-refractivity contribution >= 4 is 23.3 Å². The molecule has 0 bridgehead atoms. The van der Waals surface area contributed by atoms with Crippen LogP contribution >= 0.6 is 0 Å². The predicted octanol–water partition coefficient (Wildman–Crippen LogP) is 1.46. The van der Waals surface area contributed by atoms with E-state index in [9.17, 15) is 9.59 Å². The Hall–Kier alpha value is -3.16. The summed E-state index contributed by atoms with van der Waals surface area (Å²) in [7, 11) is 1.54. The fraction of sp³-hybridized carbons (Fsp3) is 0.368. The van der Waals surface area contributed by atoms with E-state index >= 15 is 0 Å². The highest BCUT2D eigenvalue weighted by Gasteiger charge is 2.22. The Morgan fingerprint density at radius 1 is 1.22 bits per heavy atom. The number of ether oxygens (including phenoxy) is 1. The fourth-order valence-electron chi connectivity index (χ4n) is 3.03. The van der Waals surface area contributed by atoms with E-state index in [1.807, 2.05) is 0 Å². The first-order valence-corrected chi connectivity index (χ1v) is 8.90. The number of carbonyl (C=O) groups excluding carboxylic acids is 2. The molecule has 2 amide bonds. The number of rotatable bonds is 5. The average molecular weight is 369 g/mol. The predicted molar refractivity (Wildman–Crippen MR) is 102 cm³/mol. The molecule has 2 heterocycles. The minimum Gasteiger partial charge on any atom is -0.497 e. The van der Waals surface area contributed by atoms with E-state index < -0.39 is 11.8 Å². The molecule has 0 spiro atoms. The molecule has 1 saturated heterocycles. The van der Waals surface area contributed by atoms with Crippen LogP contribution < -0.4 is 20.3 Å². The van der Waals surface area contributed by atoms with Gasteiger partial charge in [-0.15, -0.1) is 0 Å². The van der Waals surface area contributed by atoms with Crippen LogP contribution in [-0.2, 0) is 9.59 Å². The third-order valence-electron chi connectivity index (χ3n) is 4.57. The molecule has 1 aromatic heterocycles. The number of nitrogens with one attached hydrogen (secondary N) is 2. The molecule has 8 heteroatoms. The molecule has 2 aromatic rings. The number of hydrogen-bond donors (Lipinski definition) is 2. The van der Waals surface area contributed by atoms with Gasteiger partial charge in [0, 0.05) is 43.8 Å². The molecule has 1 fully saturated rings. The van der Waals surface area contributed by atoms with Crippen LogP contribution in [0.25, 0.3) is 0 Å². The van der Waals surface area contributed by atoms with Gasteiger partial charge in [0.15, 0.2) is 0 Å². The highest BCUT2D eigenvalue weighted by atomic mass is 16.5. The summed E-state index contributed by atoms with van der Waals surface area (Å²) in [5.74, 6) is 0.515. The number of benzene rings is 1. The lowest BCUT2D eigenvalue weighted by molar-refractivity contribution is -0.136. The Labute approximate surface area is 158 Å². The van der Waals surface area contributed by atoms with Crippen LogP contribution in [0.2, 0.25) is 0 Å². The maximum atomic E-state index is 12.0. The van der Waals surface area contributed by atoms with E-state index in [4.69, 9.17) is 4.74 Å². The van der Waals surface area contributed by atoms with E-state index in [1.165, 1.54) is 0 Å². The first-order chi connectivity index (χ1) is 13.2. The van der Waals surface area contributed by atoms with E-state index in [-0.39, 0.29) is 0 Å². The molecule has 0 atom stereocenters. The summed E-state index contributed by atoms with van der Waals surface area (Å²) in [6, 6.07) is 6.88. The minimum absolute atomic E-state index is 0.339. The maximum absolute atomic E-state index is 12.0. The lowest BCUT2D eigenvalue weighted by atomic mass is 9.97. The monoisotopic (exact) mass is 369 g/mol. The van der Waals surface area contributed by atoms with Crippen molar-refractivity contribution in [2.75, 3.05) is 37.0 Å². The van der Waals surface area contributed by atoms with E-state index in [2.05, 4.69) is 25.5 Å². The van der Waals surface area contributed by atoms with E-state index in [0.29, 0.717) is 23.9 Å². The molecule has 1 aromatic carbocycles. The first kappa shape index (κ1) is 18.6. The quantitative estimate of drug-likeness (QED) is 0.775. The van der Waals surface area contributed by atoms with Gasteiger partial charge in [-0.25, -0.2) is 4.98 Å². The third-order valence-corrected chi connectivity index (χ3v) is 4.57. The molecule has 1 aliphatic rings. The van der Waals surface area contributed by atoms with Gasteiger partial charge in [-0.3, -0.25) is 14.6 Å². The average Bonchev–Trinajstić information content (AvgIpc) is 2.73. The van der Waals surface area contributed by atoms with Gasteiger partial charge in [0.25, 0.3) is 0 Å². The topological polar surface area (TPSA) is 96.4 Å². The van der Waals surface area contributed by atoms with Crippen molar-refractivity contribution in [1.29, 1.82) is 0 Å². The van der Waals surface area contributed by atoms with Crippen molar-refractivity contribution in [3.63, 3.8) is 0 Å². The second kappa shape index (κ2) is 8.98. The lowest BCUT2D eigenvalue weighted by Crippen LogP contribution is -2.42. The number of methoxy groups -OCH3 is 1. The number of nitrogens with zero attached hydrogens (tertiary/aromatic N) is 3. The zero-order valence-electron chi connectivity index (χ0n) is 15.2. The van der Waals surface area contributed by atoms with Crippen LogP contribution in [-0.4, -0.2) is 48.5 Å². The van der Waals surface area contributed by atoms with Crippen LogP contribution in [0.15, 0.2) is 42.9 Å². The van der Waals surface area contributed by atoms with Gasteiger partial charge in [0.05, 0.1) is 13.3 Å². The van der Waals surface area contributed by atoms with Gasteiger partial charge in [-0.05, 0) is 30.9 Å². The molecule has 142 valence electrons. The van der Waals surface area contributed by atoms with Crippen molar-refractivity contribution in [3.05, 3.63) is 42.9 Å². The molecule has 0 radical (unpaired) electrons. The van der Waals surface area contributed by atoms with Gasteiger partial charge in [-0.2, -0.15) is 0 Å². The number of hydrogen-bond acceptors (Lipinski definition) is 6. The molecule has 27 heavy (non-hydrogen) atoms. The van der Waals surface area contributed by atoms with Gasteiger partial charge in [-0.1, -0.05) is 6.07 Å². The number of amides is 2. The second-order valence-corrected chi connectivity index (χ2v) is 6.39. The molecule has 0 unspecified atom stereocenters. The van der Waals surface area contributed by atoms with Crippen LogP contribution in [0.4, 0.5) is 11.5 Å². The zero-order chi connectivity index (χ0) is 19.1. The molecule has 3 rings (SSSR count). The number of carbonyl (C=O) groups is 2. The first-order valence-electron chi connectivity index (χ1n) is 8.90. The van der Waals surface area contributed by atoms with E-state index in [0.717, 1.165) is 31.7 Å². The second-order valence-electron chi connectivity index (χ2n) is 6.39. The summed E-state index contributed by atoms with van der Waals surface area (Å²) in [6.07, 6.45) is 6.94. The summed E-state index contributed by atoms with van der Waals surface area (Å²) in [5, 5.41) is 5.31. The van der Waals surface area contributed by atoms with Crippen LogP contribution in [0.3, 0.4) is 0 Å². The summed E-state index contributed by atoms with van der Waals surface area (Å²) in [6.45, 7) is 2.20. The maximum Gasteiger partial charge on any atom is 0.313 e. The van der Waals surface area contributed by atoms with Gasteiger partial charge >= 0.3 is 11.8 Å². The standard InChI is InChI=1S/C19H23N5O3/c1-27-16-4-2-3-15(11-16)23-19(26)18(25)22-12-14-5-9-24(10-6-14)17-13-20-7-8-21-17/h2-4,7-8,11,13-14H,5-6,9-10,12H2,1H3,(H,22,25)(H,23,26). The van der Waals surface area contributed by atoms with Gasteiger partial charge < -0.3 is 20.3 Å². The molecular formula is C19H23N5O3. The van der Waals surface area contributed by atoms with Crippen LogP contribution in [0, 0.1) is 5.92 Å². The van der Waals surface area contributed by atoms with Gasteiger partial charge in [0.1, 0.15) is 11.6 Å². The smallest absolute Gasteiger partial charge is 0.313 e. The summed E-state index contributed by atoms with van der Waals surface area (Å²) in [4.78, 5) is 34.7. The Morgan fingerprint density at radius 3 is 2.74 bits per heavy atom. The summed E-state index contributed by atoms with van der Waals surface area (Å²) in [5.41, 5.74) is 0.520. The Bertz CT molecular complexity index is 776. The highest BCUT2D eigenvalue weighted by molar-refractivity contribution is 6.39. The minimum atomic E-state index is -0.680. The summed E-state index contributed by atoms with van der Waals surface area (Å²) < 4.78 is 5.10. The zero-order valence-corrected chi connectivity index (χ0v) is 15.2. The van der Waals surface area contributed by atoms with Crippen LogP contribution in [0.1, 0.15) is 12.8 Å². The largest absolute Gasteiger partial charge is 0.497 e. The molecule has 2 N–H and O–H groups in total. The van der Waals surface area contributed by atoms with Crippen molar-refractivity contribution in [1.82, 2.24) is 15.3 Å². The van der Waals surface area contributed by atoms with E-state index in [1.54, 1.807) is 50.0 Å². The number of piperidine rings is 1. The van der Waals surface area contributed by atoms with Gasteiger partial charge in [0.2, 0.25) is 0 Å². The molecule has 0 saturated carbocycles. The third kappa shape index (κ3) is 5.16. The SMILES string of the molecule is COc1cccc(NC(=O)C(=O)NCC2CCN(c3cnccn3)CC2)c1. The summed E-state index contributed by atoms with van der Waals surface area (Å²) >= 11 is 0. The molecule has 1 aliphatic heterocycles. The normalized spacial score (nSPS) is 14.5. The fourth-order valence-corrected chi connectivity index (χ4v) is 3.03.